The van der Waals surface area contributed by atoms with Crippen molar-refractivity contribution in [1.29, 1.82) is 0 Å². The van der Waals surface area contributed by atoms with E-state index in [9.17, 15) is 4.79 Å². The number of hydrogen-bond acceptors (Lipinski definition) is 4. The summed E-state index contributed by atoms with van der Waals surface area (Å²) in [6, 6.07) is 26.3. The molecule has 5 rings (SSSR count). The fourth-order valence-electron chi connectivity index (χ4n) is 4.31. The van der Waals surface area contributed by atoms with Crippen molar-refractivity contribution in [2.75, 3.05) is 7.11 Å². The molecule has 1 aliphatic heterocycles. The highest BCUT2D eigenvalue weighted by Crippen LogP contribution is 2.37. The van der Waals surface area contributed by atoms with E-state index < -0.39 is 0 Å². The van der Waals surface area contributed by atoms with Gasteiger partial charge in [0.1, 0.15) is 5.75 Å². The molecule has 6 heteroatoms. The Morgan fingerprint density at radius 2 is 1.72 bits per heavy atom. The van der Waals surface area contributed by atoms with Crippen LogP contribution >= 0.6 is 11.8 Å². The number of amides is 1. The summed E-state index contributed by atoms with van der Waals surface area (Å²) in [4.78, 5) is 21.0. The molecular weight excluding hydrogens is 466 g/mol. The fourth-order valence-corrected chi connectivity index (χ4v) is 5.30. The van der Waals surface area contributed by atoms with Crippen molar-refractivity contribution in [3.63, 3.8) is 0 Å². The standard InChI is InChI=1S/C30H29N3O2S/c1-4-21(2)32-20-23(26-12-8-9-13-27(26)32)18-28-29(34)33(19-22-14-16-25(35-3)17-15-22)30(36-28)31-24-10-6-5-7-11-24/h5-18,20-21H,4,19H2,1-3H3/b28-18-,31-30?/t21-/m0/s1. The van der Waals surface area contributed by atoms with E-state index in [2.05, 4.69) is 42.8 Å². The molecule has 2 heterocycles. The van der Waals surface area contributed by atoms with Crippen LogP contribution in [0.1, 0.15) is 37.4 Å². The van der Waals surface area contributed by atoms with Crippen LogP contribution in [0.3, 0.4) is 0 Å². The number of para-hydroxylation sites is 2. The lowest BCUT2D eigenvalue weighted by atomic mass is 10.1. The first-order chi connectivity index (χ1) is 17.6. The van der Waals surface area contributed by atoms with Gasteiger partial charge in [0.15, 0.2) is 5.17 Å². The van der Waals surface area contributed by atoms with Crippen molar-refractivity contribution >= 4 is 45.5 Å². The first kappa shape index (κ1) is 23.9. The summed E-state index contributed by atoms with van der Waals surface area (Å²) in [7, 11) is 1.65. The summed E-state index contributed by atoms with van der Waals surface area (Å²) in [5.41, 5.74) is 4.07. The summed E-state index contributed by atoms with van der Waals surface area (Å²) in [5, 5.41) is 1.83. The zero-order valence-corrected chi connectivity index (χ0v) is 21.5. The average molecular weight is 496 g/mol. The van der Waals surface area contributed by atoms with Crippen molar-refractivity contribution in [3.8, 4) is 5.75 Å². The minimum absolute atomic E-state index is 0.0362. The highest BCUT2D eigenvalue weighted by Gasteiger charge is 2.34. The minimum Gasteiger partial charge on any atom is -0.497 e. The Morgan fingerprint density at radius 1 is 1.00 bits per heavy atom. The van der Waals surface area contributed by atoms with Gasteiger partial charge in [-0.15, -0.1) is 0 Å². The van der Waals surface area contributed by atoms with Gasteiger partial charge < -0.3 is 9.30 Å². The number of carbonyl (C=O) groups is 1. The van der Waals surface area contributed by atoms with Crippen LogP contribution in [0.15, 0.2) is 95.0 Å². The van der Waals surface area contributed by atoms with E-state index in [1.54, 1.807) is 12.0 Å². The van der Waals surface area contributed by atoms with Gasteiger partial charge >= 0.3 is 0 Å². The Kier molecular flexibility index (Phi) is 6.96. The molecule has 0 saturated carbocycles. The Hall–Kier alpha value is -3.77. The maximum atomic E-state index is 13.7. The van der Waals surface area contributed by atoms with Crippen molar-refractivity contribution in [2.24, 2.45) is 4.99 Å². The highest BCUT2D eigenvalue weighted by molar-refractivity contribution is 8.18. The first-order valence-corrected chi connectivity index (χ1v) is 13.0. The number of methoxy groups -OCH3 is 1. The van der Waals surface area contributed by atoms with Crippen LogP contribution < -0.4 is 4.74 Å². The normalized spacial score (nSPS) is 16.9. The van der Waals surface area contributed by atoms with Gasteiger partial charge in [-0.1, -0.05) is 55.5 Å². The third-order valence-corrected chi connectivity index (χ3v) is 7.50. The number of carbonyl (C=O) groups excluding carboxylic acids is 1. The number of aromatic nitrogens is 1. The lowest BCUT2D eigenvalue weighted by Crippen LogP contribution is -2.28. The first-order valence-electron chi connectivity index (χ1n) is 12.1. The zero-order chi connectivity index (χ0) is 25.1. The third-order valence-electron chi connectivity index (χ3n) is 6.49. The highest BCUT2D eigenvalue weighted by atomic mass is 32.2. The SMILES string of the molecule is CC[C@H](C)n1cc(/C=C2\SC(=Nc3ccccc3)N(Cc3ccc(OC)cc3)C2=O)c2ccccc21. The van der Waals surface area contributed by atoms with E-state index in [1.807, 2.05) is 66.7 Å². The second-order valence-electron chi connectivity index (χ2n) is 8.85. The lowest BCUT2D eigenvalue weighted by Gasteiger charge is -2.16. The van der Waals surface area contributed by atoms with Gasteiger partial charge in [0.05, 0.1) is 24.2 Å². The van der Waals surface area contributed by atoms with Gasteiger partial charge in [0.25, 0.3) is 5.91 Å². The Balaban J connectivity index is 1.54. The van der Waals surface area contributed by atoms with E-state index in [1.165, 1.54) is 17.3 Å². The van der Waals surface area contributed by atoms with E-state index >= 15 is 0 Å². The smallest absolute Gasteiger partial charge is 0.267 e. The largest absolute Gasteiger partial charge is 0.497 e. The number of hydrogen-bond donors (Lipinski definition) is 0. The van der Waals surface area contributed by atoms with E-state index in [-0.39, 0.29) is 5.91 Å². The predicted octanol–water partition coefficient (Wildman–Crippen LogP) is 7.43. The zero-order valence-electron chi connectivity index (χ0n) is 20.7. The van der Waals surface area contributed by atoms with Crippen LogP contribution in [0.25, 0.3) is 17.0 Å². The van der Waals surface area contributed by atoms with Crippen molar-refractivity contribution in [1.82, 2.24) is 9.47 Å². The van der Waals surface area contributed by atoms with Gasteiger partial charge in [0, 0.05) is 28.7 Å². The number of fused-ring (bicyclic) bond motifs is 1. The van der Waals surface area contributed by atoms with E-state index in [0.29, 0.717) is 22.7 Å². The van der Waals surface area contributed by atoms with Gasteiger partial charge in [0.2, 0.25) is 0 Å². The van der Waals surface area contributed by atoms with Gasteiger partial charge in [-0.05, 0) is 67.1 Å². The molecule has 1 amide bonds. The molecule has 1 saturated heterocycles. The second kappa shape index (κ2) is 10.5. The van der Waals surface area contributed by atoms with Gasteiger partial charge in [-0.3, -0.25) is 9.69 Å². The van der Waals surface area contributed by atoms with Crippen molar-refractivity contribution in [2.45, 2.75) is 32.9 Å². The number of nitrogens with zero attached hydrogens (tertiary/aromatic N) is 3. The Bertz CT molecular complexity index is 1440. The van der Waals surface area contributed by atoms with Crippen LogP contribution in [0.2, 0.25) is 0 Å². The van der Waals surface area contributed by atoms with Crippen LogP contribution in [-0.2, 0) is 11.3 Å². The molecule has 0 N–H and O–H groups in total. The topological polar surface area (TPSA) is 46.8 Å². The monoisotopic (exact) mass is 495 g/mol. The number of amidine groups is 1. The number of aliphatic imine (C=N–C) groups is 1. The Morgan fingerprint density at radius 3 is 2.44 bits per heavy atom. The summed E-state index contributed by atoms with van der Waals surface area (Å²) in [5.74, 6) is 0.753. The molecule has 1 aliphatic rings. The molecule has 0 bridgehead atoms. The Labute approximate surface area is 216 Å². The molecule has 1 aromatic heterocycles. The van der Waals surface area contributed by atoms with Crippen LogP contribution in [0.5, 0.6) is 5.75 Å². The fraction of sp³-hybridized carbons (Fsp3) is 0.200. The predicted molar refractivity (Wildman–Crippen MR) is 150 cm³/mol. The molecule has 4 aromatic rings. The van der Waals surface area contributed by atoms with Gasteiger partial charge in [-0.2, -0.15) is 0 Å². The maximum Gasteiger partial charge on any atom is 0.267 e. The van der Waals surface area contributed by atoms with Crippen LogP contribution in [-0.4, -0.2) is 27.7 Å². The van der Waals surface area contributed by atoms with Crippen LogP contribution in [0.4, 0.5) is 5.69 Å². The molecule has 0 aliphatic carbocycles. The molecule has 3 aromatic carbocycles. The quantitative estimate of drug-likeness (QED) is 0.251. The van der Waals surface area contributed by atoms with Crippen molar-refractivity contribution < 1.29 is 9.53 Å². The average Bonchev–Trinajstić information content (AvgIpc) is 3.42. The van der Waals surface area contributed by atoms with E-state index in [0.717, 1.165) is 34.4 Å². The van der Waals surface area contributed by atoms with Crippen molar-refractivity contribution in [3.05, 3.63) is 101 Å². The summed E-state index contributed by atoms with van der Waals surface area (Å²) >= 11 is 1.43. The molecule has 0 spiro atoms. The summed E-state index contributed by atoms with van der Waals surface area (Å²) in [6.07, 6.45) is 5.22. The molecular formula is C30H29N3O2S. The second-order valence-corrected chi connectivity index (χ2v) is 9.86. The minimum atomic E-state index is -0.0362. The summed E-state index contributed by atoms with van der Waals surface area (Å²) in [6.45, 7) is 4.85. The molecule has 1 atom stereocenters. The van der Waals surface area contributed by atoms with E-state index in [4.69, 9.17) is 9.73 Å². The van der Waals surface area contributed by atoms with Crippen LogP contribution in [0, 0.1) is 0 Å². The lowest BCUT2D eigenvalue weighted by molar-refractivity contribution is -0.122. The molecule has 0 radical (unpaired) electrons. The number of thioether (sulfide) groups is 1. The third kappa shape index (κ3) is 4.82. The molecule has 36 heavy (non-hydrogen) atoms. The maximum absolute atomic E-state index is 13.7. The molecule has 1 fully saturated rings. The number of benzene rings is 3. The molecule has 5 nitrogen and oxygen atoms in total. The van der Waals surface area contributed by atoms with Gasteiger partial charge in [-0.25, -0.2) is 4.99 Å². The molecule has 0 unspecified atom stereocenters. The summed E-state index contributed by atoms with van der Waals surface area (Å²) < 4.78 is 7.59. The number of rotatable bonds is 7. The molecule has 182 valence electrons. The number of ether oxygens (including phenoxy) is 1.